The number of carbonyl (C=O) groups excluding carboxylic acids is 1. The Hall–Kier alpha value is -1.05. The zero-order valence-electron chi connectivity index (χ0n) is 11.0. The van der Waals surface area contributed by atoms with Crippen molar-refractivity contribution in [1.29, 1.82) is 0 Å². The summed E-state index contributed by atoms with van der Waals surface area (Å²) in [5, 5.41) is 11.5. The van der Waals surface area contributed by atoms with Crippen LogP contribution < -0.4 is 11.1 Å². The molecule has 1 aromatic rings. The molecule has 110 valence electrons. The lowest BCUT2D eigenvalue weighted by Crippen LogP contribution is -2.34. The van der Waals surface area contributed by atoms with Crippen LogP contribution in [0.2, 0.25) is 0 Å². The molecule has 1 unspecified atom stereocenters. The van der Waals surface area contributed by atoms with E-state index in [0.717, 1.165) is 10.0 Å². The zero-order chi connectivity index (χ0) is 15.1. The minimum atomic E-state index is -1.05. The molecule has 0 aromatic heterocycles. The highest BCUT2D eigenvalue weighted by Gasteiger charge is 2.13. The summed E-state index contributed by atoms with van der Waals surface area (Å²) in [6.45, 7) is 1.90. The van der Waals surface area contributed by atoms with Crippen molar-refractivity contribution in [3.05, 3.63) is 34.3 Å². The summed E-state index contributed by atoms with van der Waals surface area (Å²) in [7, 11) is 0. The van der Waals surface area contributed by atoms with Crippen LogP contribution in [0.15, 0.2) is 28.7 Å². The van der Waals surface area contributed by atoms with E-state index in [1.165, 1.54) is 11.8 Å². The third-order valence-electron chi connectivity index (χ3n) is 2.60. The van der Waals surface area contributed by atoms with Crippen LogP contribution in [-0.4, -0.2) is 34.5 Å². The first kappa shape index (κ1) is 17.0. The average molecular weight is 361 g/mol. The first-order valence-electron chi connectivity index (χ1n) is 6.01. The van der Waals surface area contributed by atoms with Crippen LogP contribution in [0.4, 0.5) is 0 Å². The second kappa shape index (κ2) is 8.28. The molecular formula is C13H17BrN2O3S. The maximum absolute atomic E-state index is 11.7. The lowest BCUT2D eigenvalue weighted by atomic mass is 10.1. The van der Waals surface area contributed by atoms with Gasteiger partial charge in [-0.25, -0.2) is 0 Å². The van der Waals surface area contributed by atoms with Gasteiger partial charge in [-0.2, -0.15) is 0 Å². The highest BCUT2D eigenvalue weighted by atomic mass is 79.9. The van der Waals surface area contributed by atoms with Crippen molar-refractivity contribution in [2.24, 2.45) is 5.73 Å². The standard InChI is InChI=1S/C13H17BrN2O3S/c1-8(9-2-4-10(14)5-3-9)16-12(17)7-20-6-11(15)13(18)19/h2-5,8,11H,6-7,15H2,1H3,(H,16,17)(H,18,19)/t8?,11-/m1/s1. The normalized spacial score (nSPS) is 13.6. The minimum absolute atomic E-state index is 0.0932. The number of aliphatic carboxylic acids is 1. The van der Waals surface area contributed by atoms with E-state index in [1.807, 2.05) is 31.2 Å². The number of halogens is 1. The van der Waals surface area contributed by atoms with E-state index in [-0.39, 0.29) is 23.5 Å². The molecule has 2 atom stereocenters. The molecule has 1 rings (SSSR count). The van der Waals surface area contributed by atoms with E-state index in [1.54, 1.807) is 0 Å². The van der Waals surface area contributed by atoms with E-state index in [9.17, 15) is 9.59 Å². The summed E-state index contributed by atoms with van der Waals surface area (Å²) in [5.41, 5.74) is 6.36. The van der Waals surface area contributed by atoms with Gasteiger partial charge >= 0.3 is 5.97 Å². The van der Waals surface area contributed by atoms with E-state index < -0.39 is 12.0 Å². The number of carboxylic acid groups (broad SMARTS) is 1. The Balaban J connectivity index is 2.35. The molecule has 0 heterocycles. The molecule has 0 radical (unpaired) electrons. The lowest BCUT2D eigenvalue weighted by molar-refractivity contribution is -0.138. The fraction of sp³-hybridized carbons (Fsp3) is 0.385. The quantitative estimate of drug-likeness (QED) is 0.688. The SMILES string of the molecule is CC(NC(=O)CSC[C@@H](N)C(=O)O)c1ccc(Br)cc1. The van der Waals surface area contributed by atoms with Gasteiger partial charge in [-0.3, -0.25) is 9.59 Å². The van der Waals surface area contributed by atoms with Crippen molar-refractivity contribution in [3.8, 4) is 0 Å². The number of amides is 1. The molecule has 20 heavy (non-hydrogen) atoms. The minimum Gasteiger partial charge on any atom is -0.480 e. The number of hydrogen-bond donors (Lipinski definition) is 3. The van der Waals surface area contributed by atoms with Crippen LogP contribution in [-0.2, 0) is 9.59 Å². The lowest BCUT2D eigenvalue weighted by Gasteiger charge is -2.14. The number of nitrogens with two attached hydrogens (primary N) is 1. The van der Waals surface area contributed by atoms with E-state index in [0.29, 0.717) is 0 Å². The fourth-order valence-electron chi connectivity index (χ4n) is 1.47. The first-order chi connectivity index (χ1) is 9.40. The highest BCUT2D eigenvalue weighted by molar-refractivity contribution is 9.10. The van der Waals surface area contributed by atoms with E-state index in [4.69, 9.17) is 10.8 Å². The molecule has 0 saturated heterocycles. The Morgan fingerprint density at radius 1 is 1.40 bits per heavy atom. The average Bonchev–Trinajstić information content (AvgIpc) is 2.39. The molecule has 7 heteroatoms. The van der Waals surface area contributed by atoms with Crippen molar-refractivity contribution in [2.45, 2.75) is 19.0 Å². The highest BCUT2D eigenvalue weighted by Crippen LogP contribution is 2.16. The van der Waals surface area contributed by atoms with Crippen molar-refractivity contribution >= 4 is 39.6 Å². The molecule has 1 amide bonds. The molecule has 0 spiro atoms. The maximum Gasteiger partial charge on any atom is 0.321 e. The number of carboxylic acids is 1. The number of hydrogen-bond acceptors (Lipinski definition) is 4. The Kier molecular flexibility index (Phi) is 7.04. The summed E-state index contributed by atoms with van der Waals surface area (Å²) in [5.74, 6) is -0.777. The fourth-order valence-corrected chi connectivity index (χ4v) is 2.52. The zero-order valence-corrected chi connectivity index (χ0v) is 13.4. The third kappa shape index (κ3) is 5.94. The molecule has 0 saturated carbocycles. The second-order valence-corrected chi connectivity index (χ2v) is 6.25. The van der Waals surface area contributed by atoms with Crippen LogP contribution in [0.25, 0.3) is 0 Å². The third-order valence-corrected chi connectivity index (χ3v) is 4.19. The molecule has 0 aliphatic heterocycles. The monoisotopic (exact) mass is 360 g/mol. The van der Waals surface area contributed by atoms with Crippen LogP contribution in [0.1, 0.15) is 18.5 Å². The number of rotatable bonds is 7. The molecule has 1 aromatic carbocycles. The van der Waals surface area contributed by atoms with Gasteiger partial charge in [0, 0.05) is 10.2 Å². The van der Waals surface area contributed by atoms with Crippen molar-refractivity contribution in [2.75, 3.05) is 11.5 Å². The predicted molar refractivity (Wildman–Crippen MR) is 83.6 cm³/mol. The molecule has 0 aliphatic carbocycles. The molecule has 0 aliphatic rings. The predicted octanol–water partition coefficient (Wildman–Crippen LogP) is 1.77. The van der Waals surface area contributed by atoms with Gasteiger partial charge in [0.05, 0.1) is 11.8 Å². The van der Waals surface area contributed by atoms with Crippen molar-refractivity contribution < 1.29 is 14.7 Å². The largest absolute Gasteiger partial charge is 0.480 e. The summed E-state index contributed by atoms with van der Waals surface area (Å²) in [4.78, 5) is 22.2. The van der Waals surface area contributed by atoms with E-state index in [2.05, 4.69) is 21.2 Å². The Morgan fingerprint density at radius 2 is 2.00 bits per heavy atom. The van der Waals surface area contributed by atoms with Crippen molar-refractivity contribution in [3.63, 3.8) is 0 Å². The topological polar surface area (TPSA) is 92.4 Å². The number of benzene rings is 1. The molecule has 4 N–H and O–H groups in total. The first-order valence-corrected chi connectivity index (χ1v) is 7.96. The summed E-state index contributed by atoms with van der Waals surface area (Å²) >= 11 is 4.57. The van der Waals surface area contributed by atoms with Gasteiger partial charge in [-0.1, -0.05) is 28.1 Å². The Morgan fingerprint density at radius 3 is 2.55 bits per heavy atom. The second-order valence-electron chi connectivity index (χ2n) is 4.30. The molecule has 0 bridgehead atoms. The van der Waals surface area contributed by atoms with Gasteiger partial charge in [-0.05, 0) is 24.6 Å². The smallest absolute Gasteiger partial charge is 0.321 e. The molecule has 5 nitrogen and oxygen atoms in total. The van der Waals surface area contributed by atoms with Crippen LogP contribution >= 0.6 is 27.7 Å². The van der Waals surface area contributed by atoms with Gasteiger partial charge < -0.3 is 16.2 Å². The van der Waals surface area contributed by atoms with Crippen molar-refractivity contribution in [1.82, 2.24) is 5.32 Å². The van der Waals surface area contributed by atoms with Crippen LogP contribution in [0.5, 0.6) is 0 Å². The van der Waals surface area contributed by atoms with Crippen LogP contribution in [0.3, 0.4) is 0 Å². The Bertz CT molecular complexity index is 467. The number of carbonyl (C=O) groups is 2. The van der Waals surface area contributed by atoms with E-state index >= 15 is 0 Å². The number of thioether (sulfide) groups is 1. The summed E-state index contributed by atoms with van der Waals surface area (Å²) in [6, 6.07) is 6.67. The van der Waals surface area contributed by atoms with Gasteiger partial charge in [0.25, 0.3) is 0 Å². The van der Waals surface area contributed by atoms with Gasteiger partial charge in [0.1, 0.15) is 6.04 Å². The van der Waals surface area contributed by atoms with Gasteiger partial charge in [0.15, 0.2) is 0 Å². The molecular weight excluding hydrogens is 344 g/mol. The maximum atomic E-state index is 11.7. The molecule has 0 fully saturated rings. The van der Waals surface area contributed by atoms with Crippen LogP contribution in [0, 0.1) is 0 Å². The number of nitrogens with one attached hydrogen (secondary N) is 1. The summed E-state index contributed by atoms with van der Waals surface area (Å²) < 4.78 is 0.984. The Labute approximate surface area is 130 Å². The van der Waals surface area contributed by atoms with Gasteiger partial charge in [0.2, 0.25) is 5.91 Å². The summed E-state index contributed by atoms with van der Waals surface area (Å²) in [6.07, 6.45) is 0. The van der Waals surface area contributed by atoms with Gasteiger partial charge in [-0.15, -0.1) is 11.8 Å².